The van der Waals surface area contributed by atoms with Crippen LogP contribution in [0, 0.1) is 0 Å². The highest BCUT2D eigenvalue weighted by molar-refractivity contribution is 7.99. The normalized spacial score (nSPS) is 10.5. The number of carbonyl (C=O) groups is 1. The third kappa shape index (κ3) is 4.30. The fraction of sp³-hybridized carbons (Fsp3) is 0.0667. The molecule has 116 valence electrons. The maximum Gasteiger partial charge on any atom is 0.234 e. The molecular weight excluding hydrogens is 334 g/mol. The van der Waals surface area contributed by atoms with Crippen molar-refractivity contribution in [2.45, 2.75) is 5.16 Å². The van der Waals surface area contributed by atoms with Gasteiger partial charge in [0.15, 0.2) is 5.16 Å². The minimum absolute atomic E-state index is 0.128. The maximum absolute atomic E-state index is 11.9. The Hall–Kier alpha value is -2.38. The molecular formula is C15H12ClN5OS. The van der Waals surface area contributed by atoms with Crippen molar-refractivity contribution in [2.75, 3.05) is 11.1 Å². The molecule has 0 saturated carbocycles. The van der Waals surface area contributed by atoms with Gasteiger partial charge in [-0.2, -0.15) is 0 Å². The number of aromatic amines is 1. The lowest BCUT2D eigenvalue weighted by molar-refractivity contribution is -0.113. The summed E-state index contributed by atoms with van der Waals surface area (Å²) in [5.41, 5.74) is 2.21. The van der Waals surface area contributed by atoms with Gasteiger partial charge in [-0.3, -0.25) is 4.79 Å². The van der Waals surface area contributed by atoms with Crippen molar-refractivity contribution in [3.63, 3.8) is 0 Å². The fourth-order valence-corrected chi connectivity index (χ4v) is 2.69. The Labute approximate surface area is 141 Å². The molecule has 1 amide bonds. The third-order valence-electron chi connectivity index (χ3n) is 2.86. The lowest BCUT2D eigenvalue weighted by atomic mass is 10.3. The topological polar surface area (TPSA) is 83.6 Å². The largest absolute Gasteiger partial charge is 0.332 e. The molecule has 0 fully saturated rings. The van der Waals surface area contributed by atoms with E-state index in [9.17, 15) is 4.79 Å². The number of rotatable bonds is 5. The zero-order valence-corrected chi connectivity index (χ0v) is 13.4. The summed E-state index contributed by atoms with van der Waals surface area (Å²) in [6.07, 6.45) is 4.81. The first-order valence-corrected chi connectivity index (χ1v) is 8.07. The number of benzene rings is 1. The summed E-state index contributed by atoms with van der Waals surface area (Å²) in [4.78, 5) is 27.3. The molecule has 0 bridgehead atoms. The molecule has 23 heavy (non-hydrogen) atoms. The van der Waals surface area contributed by atoms with Crippen LogP contribution in [0.25, 0.3) is 11.4 Å². The van der Waals surface area contributed by atoms with Gasteiger partial charge in [-0.1, -0.05) is 29.4 Å². The molecule has 0 spiro atoms. The van der Waals surface area contributed by atoms with Crippen LogP contribution < -0.4 is 5.32 Å². The Morgan fingerprint density at radius 2 is 2.22 bits per heavy atom. The Balaban J connectivity index is 1.56. The van der Waals surface area contributed by atoms with Crippen molar-refractivity contribution in [3.8, 4) is 11.4 Å². The quantitative estimate of drug-likeness (QED) is 0.693. The third-order valence-corrected chi connectivity index (χ3v) is 3.98. The number of aromatic nitrogens is 4. The highest BCUT2D eigenvalue weighted by Crippen LogP contribution is 2.20. The van der Waals surface area contributed by atoms with Gasteiger partial charge in [-0.15, -0.1) is 0 Å². The van der Waals surface area contributed by atoms with Crippen molar-refractivity contribution in [1.82, 2.24) is 19.9 Å². The predicted octanol–water partition coefficient (Wildman–Crippen LogP) is 3.25. The molecule has 3 rings (SSSR count). The van der Waals surface area contributed by atoms with E-state index in [2.05, 4.69) is 25.3 Å². The molecule has 0 atom stereocenters. The Kier molecular flexibility index (Phi) is 4.89. The minimum atomic E-state index is -0.128. The lowest BCUT2D eigenvalue weighted by Gasteiger charge is -2.04. The number of nitrogens with zero attached hydrogens (tertiary/aromatic N) is 3. The number of amides is 1. The average Bonchev–Trinajstić information content (AvgIpc) is 3.03. The average molecular weight is 346 g/mol. The van der Waals surface area contributed by atoms with Crippen LogP contribution in [0.15, 0.2) is 54.2 Å². The van der Waals surface area contributed by atoms with Crippen molar-refractivity contribution >= 4 is 35.0 Å². The van der Waals surface area contributed by atoms with E-state index in [1.54, 1.807) is 42.7 Å². The molecule has 3 aromatic rings. The zero-order valence-electron chi connectivity index (χ0n) is 11.9. The van der Waals surface area contributed by atoms with Crippen LogP contribution in [0.5, 0.6) is 0 Å². The van der Waals surface area contributed by atoms with E-state index >= 15 is 0 Å². The van der Waals surface area contributed by atoms with Gasteiger partial charge in [-0.05, 0) is 24.3 Å². The molecule has 2 aromatic heterocycles. The summed E-state index contributed by atoms with van der Waals surface area (Å²) >= 11 is 7.19. The van der Waals surface area contributed by atoms with Crippen molar-refractivity contribution < 1.29 is 4.79 Å². The van der Waals surface area contributed by atoms with Crippen LogP contribution in [0.2, 0.25) is 5.02 Å². The second kappa shape index (κ2) is 7.26. The summed E-state index contributed by atoms with van der Waals surface area (Å²) in [7, 11) is 0. The van der Waals surface area contributed by atoms with E-state index in [0.29, 0.717) is 15.9 Å². The van der Waals surface area contributed by atoms with E-state index in [4.69, 9.17) is 11.6 Å². The van der Waals surface area contributed by atoms with Gasteiger partial charge in [0.1, 0.15) is 6.33 Å². The van der Waals surface area contributed by atoms with E-state index in [1.807, 2.05) is 0 Å². The molecule has 0 radical (unpaired) electrons. The number of H-pyrrole nitrogens is 1. The minimum Gasteiger partial charge on any atom is -0.332 e. The van der Waals surface area contributed by atoms with Crippen LogP contribution >= 0.6 is 23.4 Å². The summed E-state index contributed by atoms with van der Waals surface area (Å²) in [6.45, 7) is 0. The van der Waals surface area contributed by atoms with E-state index in [0.717, 1.165) is 11.4 Å². The highest BCUT2D eigenvalue weighted by Gasteiger charge is 2.08. The smallest absolute Gasteiger partial charge is 0.234 e. The zero-order chi connectivity index (χ0) is 16.1. The molecule has 2 N–H and O–H groups in total. The highest BCUT2D eigenvalue weighted by atomic mass is 35.5. The molecule has 0 saturated heterocycles. The molecule has 6 nitrogen and oxygen atoms in total. The number of halogens is 1. The van der Waals surface area contributed by atoms with Crippen molar-refractivity contribution in [2.24, 2.45) is 0 Å². The van der Waals surface area contributed by atoms with Gasteiger partial charge in [0.2, 0.25) is 5.91 Å². The number of nitrogens with one attached hydrogen (secondary N) is 2. The fourth-order valence-electron chi connectivity index (χ4n) is 1.85. The number of imidazole rings is 1. The predicted molar refractivity (Wildman–Crippen MR) is 90.4 cm³/mol. The van der Waals surface area contributed by atoms with Gasteiger partial charge in [0.25, 0.3) is 0 Å². The van der Waals surface area contributed by atoms with Crippen LogP contribution in [-0.4, -0.2) is 31.6 Å². The Morgan fingerprint density at radius 1 is 1.30 bits per heavy atom. The Morgan fingerprint density at radius 3 is 3.00 bits per heavy atom. The van der Waals surface area contributed by atoms with Crippen molar-refractivity contribution in [3.05, 3.63) is 54.1 Å². The van der Waals surface area contributed by atoms with Crippen LogP contribution in [-0.2, 0) is 4.79 Å². The number of hydrogen-bond donors (Lipinski definition) is 2. The number of carbonyl (C=O) groups excluding carboxylic acids is 1. The molecule has 0 unspecified atom stereocenters. The van der Waals surface area contributed by atoms with E-state index < -0.39 is 0 Å². The van der Waals surface area contributed by atoms with Gasteiger partial charge in [0, 0.05) is 16.9 Å². The second-order valence-corrected chi connectivity index (χ2v) is 5.94. The van der Waals surface area contributed by atoms with Gasteiger partial charge < -0.3 is 10.3 Å². The number of anilines is 1. The summed E-state index contributed by atoms with van der Waals surface area (Å²) < 4.78 is 0. The van der Waals surface area contributed by atoms with Crippen LogP contribution in [0.1, 0.15) is 0 Å². The maximum atomic E-state index is 11.9. The first-order valence-electron chi connectivity index (χ1n) is 6.70. The first kappa shape index (κ1) is 15.5. The standard InChI is InChI=1S/C15H12ClN5OS/c16-10-2-1-3-11(6-10)20-14(22)8-23-15-18-7-13(21-15)12-4-5-17-9-19-12/h1-7,9H,8H2,(H,18,21)(H,20,22). The first-order chi connectivity index (χ1) is 11.2. The van der Waals surface area contributed by atoms with Gasteiger partial charge >= 0.3 is 0 Å². The molecule has 8 heteroatoms. The SMILES string of the molecule is O=C(CSc1ncc(-c2ccncn2)[nH]1)Nc1cccc(Cl)c1. The number of thioether (sulfide) groups is 1. The van der Waals surface area contributed by atoms with Gasteiger partial charge in [0.05, 0.1) is 23.3 Å². The van der Waals surface area contributed by atoms with Crippen LogP contribution in [0.4, 0.5) is 5.69 Å². The second-order valence-electron chi connectivity index (χ2n) is 4.54. The lowest BCUT2D eigenvalue weighted by Crippen LogP contribution is -2.14. The summed E-state index contributed by atoms with van der Waals surface area (Å²) in [5, 5.41) is 4.02. The number of hydrogen-bond acceptors (Lipinski definition) is 5. The molecule has 0 aliphatic carbocycles. The van der Waals surface area contributed by atoms with E-state index in [1.165, 1.54) is 18.1 Å². The monoisotopic (exact) mass is 345 g/mol. The summed E-state index contributed by atoms with van der Waals surface area (Å²) in [5.74, 6) is 0.112. The van der Waals surface area contributed by atoms with E-state index in [-0.39, 0.29) is 11.7 Å². The van der Waals surface area contributed by atoms with Gasteiger partial charge in [-0.25, -0.2) is 15.0 Å². The molecule has 2 heterocycles. The molecule has 0 aliphatic rings. The molecule has 1 aromatic carbocycles. The van der Waals surface area contributed by atoms with Crippen LogP contribution in [0.3, 0.4) is 0 Å². The summed E-state index contributed by atoms with van der Waals surface area (Å²) in [6, 6.07) is 8.81. The Bertz CT molecular complexity index is 808. The molecule has 0 aliphatic heterocycles. The van der Waals surface area contributed by atoms with Crippen molar-refractivity contribution in [1.29, 1.82) is 0 Å².